The second-order valence-corrected chi connectivity index (χ2v) is 6.62. The van der Waals surface area contributed by atoms with E-state index in [0.29, 0.717) is 6.42 Å². The van der Waals surface area contributed by atoms with Gasteiger partial charge in [-0.1, -0.05) is 29.3 Å². The average molecular weight is 327 g/mol. The van der Waals surface area contributed by atoms with Gasteiger partial charge in [-0.3, -0.25) is 0 Å². The fraction of sp³-hybridized carbons (Fsp3) is 0.625. The minimum absolute atomic E-state index is 0.556. The monoisotopic (exact) mass is 326 g/mol. The summed E-state index contributed by atoms with van der Waals surface area (Å²) in [6.07, 6.45) is 6.01. The van der Waals surface area contributed by atoms with Gasteiger partial charge in [0.1, 0.15) is 5.75 Å². The number of halogens is 1. The molecule has 1 aromatic rings. The first-order valence-corrected chi connectivity index (χ1v) is 7.90. The predicted octanol–water partition coefficient (Wildman–Crippen LogP) is 4.33. The summed E-state index contributed by atoms with van der Waals surface area (Å²) >= 11 is 3.49. The number of hydrogen-bond donors (Lipinski definition) is 1. The maximum absolute atomic E-state index is 10.8. The van der Waals surface area contributed by atoms with Gasteiger partial charge in [-0.15, -0.1) is 0 Å². The zero-order valence-corrected chi connectivity index (χ0v) is 13.4. The molecule has 1 aromatic carbocycles. The van der Waals surface area contributed by atoms with E-state index in [0.717, 1.165) is 47.4 Å². The summed E-state index contributed by atoms with van der Waals surface area (Å²) < 4.78 is 6.43. The quantitative estimate of drug-likeness (QED) is 0.892. The Kier molecular flexibility index (Phi) is 4.91. The molecule has 0 saturated heterocycles. The molecule has 0 aliphatic heterocycles. The highest BCUT2D eigenvalue weighted by molar-refractivity contribution is 9.10. The van der Waals surface area contributed by atoms with Gasteiger partial charge >= 0.3 is 0 Å². The summed E-state index contributed by atoms with van der Waals surface area (Å²) in [6, 6.07) is 5.99. The van der Waals surface area contributed by atoms with Gasteiger partial charge in [0.05, 0.1) is 12.7 Å². The Labute approximate surface area is 124 Å². The SMILES string of the molecule is CCC1CCC(O)(Cc2cc(Br)ccc2OC)CC1. The molecule has 0 bridgehead atoms. The van der Waals surface area contributed by atoms with Gasteiger partial charge in [0.15, 0.2) is 0 Å². The van der Waals surface area contributed by atoms with E-state index in [4.69, 9.17) is 4.74 Å². The number of hydrogen-bond acceptors (Lipinski definition) is 2. The lowest BCUT2D eigenvalue weighted by atomic mass is 9.75. The fourth-order valence-electron chi connectivity index (χ4n) is 3.04. The molecule has 0 unspecified atom stereocenters. The van der Waals surface area contributed by atoms with E-state index in [1.165, 1.54) is 6.42 Å². The van der Waals surface area contributed by atoms with Gasteiger partial charge in [0.25, 0.3) is 0 Å². The van der Waals surface area contributed by atoms with E-state index in [9.17, 15) is 5.11 Å². The molecule has 0 spiro atoms. The van der Waals surface area contributed by atoms with Crippen molar-refractivity contribution in [3.05, 3.63) is 28.2 Å². The first-order chi connectivity index (χ1) is 9.06. The van der Waals surface area contributed by atoms with Crippen LogP contribution < -0.4 is 4.74 Å². The van der Waals surface area contributed by atoms with Crippen LogP contribution in [0, 0.1) is 5.92 Å². The van der Waals surface area contributed by atoms with Gasteiger partial charge in [-0.05, 0) is 55.4 Å². The lowest BCUT2D eigenvalue weighted by Gasteiger charge is -2.36. The van der Waals surface area contributed by atoms with Crippen LogP contribution in [-0.2, 0) is 6.42 Å². The Hall–Kier alpha value is -0.540. The summed E-state index contributed by atoms with van der Waals surface area (Å²) in [5, 5.41) is 10.8. The minimum Gasteiger partial charge on any atom is -0.496 e. The van der Waals surface area contributed by atoms with E-state index in [1.807, 2.05) is 12.1 Å². The van der Waals surface area contributed by atoms with Crippen molar-refractivity contribution in [1.82, 2.24) is 0 Å². The molecule has 0 radical (unpaired) electrons. The van der Waals surface area contributed by atoms with Crippen LogP contribution in [0.1, 0.15) is 44.6 Å². The highest BCUT2D eigenvalue weighted by Crippen LogP contribution is 2.37. The summed E-state index contributed by atoms with van der Waals surface area (Å²) in [7, 11) is 1.69. The zero-order valence-electron chi connectivity index (χ0n) is 11.8. The molecule has 0 atom stereocenters. The number of ether oxygens (including phenoxy) is 1. The van der Waals surface area contributed by atoms with Crippen molar-refractivity contribution in [3.8, 4) is 5.75 Å². The van der Waals surface area contributed by atoms with Gasteiger partial charge in [-0.2, -0.15) is 0 Å². The summed E-state index contributed by atoms with van der Waals surface area (Å²) in [5.41, 5.74) is 0.536. The molecular formula is C16H23BrO2. The average Bonchev–Trinajstić information content (AvgIpc) is 2.39. The van der Waals surface area contributed by atoms with Crippen molar-refractivity contribution < 1.29 is 9.84 Å². The molecule has 0 heterocycles. The Morgan fingerprint density at radius 3 is 2.63 bits per heavy atom. The summed E-state index contributed by atoms with van der Waals surface area (Å²) in [6.45, 7) is 2.24. The van der Waals surface area contributed by atoms with Crippen LogP contribution in [0.15, 0.2) is 22.7 Å². The van der Waals surface area contributed by atoms with Gasteiger partial charge < -0.3 is 9.84 Å². The second-order valence-electron chi connectivity index (χ2n) is 5.71. The van der Waals surface area contributed by atoms with Crippen LogP contribution in [0.3, 0.4) is 0 Å². The molecule has 1 aliphatic carbocycles. The topological polar surface area (TPSA) is 29.5 Å². The van der Waals surface area contributed by atoms with E-state index in [2.05, 4.69) is 28.9 Å². The normalized spacial score (nSPS) is 27.3. The minimum atomic E-state index is -0.556. The first-order valence-electron chi connectivity index (χ1n) is 7.11. The van der Waals surface area contributed by atoms with Gasteiger partial charge in [-0.25, -0.2) is 0 Å². The number of aliphatic hydroxyl groups is 1. The maximum atomic E-state index is 10.8. The van der Waals surface area contributed by atoms with Crippen LogP contribution in [0.4, 0.5) is 0 Å². The van der Waals surface area contributed by atoms with E-state index in [-0.39, 0.29) is 0 Å². The Morgan fingerprint density at radius 2 is 2.05 bits per heavy atom. The van der Waals surface area contributed by atoms with Crippen LogP contribution >= 0.6 is 15.9 Å². The molecule has 1 saturated carbocycles. The van der Waals surface area contributed by atoms with E-state index < -0.39 is 5.60 Å². The third-order valence-electron chi connectivity index (χ3n) is 4.38. The Balaban J connectivity index is 2.10. The van der Waals surface area contributed by atoms with Crippen molar-refractivity contribution in [2.75, 3.05) is 7.11 Å². The van der Waals surface area contributed by atoms with Crippen LogP contribution in [0.2, 0.25) is 0 Å². The molecule has 1 aliphatic rings. The van der Waals surface area contributed by atoms with Crippen LogP contribution in [0.25, 0.3) is 0 Å². The molecule has 0 aromatic heterocycles. The number of rotatable bonds is 4. The lowest BCUT2D eigenvalue weighted by Crippen LogP contribution is -2.36. The summed E-state index contributed by atoms with van der Waals surface area (Å²) in [5.74, 6) is 1.67. The summed E-state index contributed by atoms with van der Waals surface area (Å²) in [4.78, 5) is 0. The maximum Gasteiger partial charge on any atom is 0.122 e. The largest absolute Gasteiger partial charge is 0.496 e. The van der Waals surface area contributed by atoms with Gasteiger partial charge in [0.2, 0.25) is 0 Å². The number of benzene rings is 1. The van der Waals surface area contributed by atoms with Crippen molar-refractivity contribution >= 4 is 15.9 Å². The standard InChI is InChI=1S/C16H23BrO2/c1-3-12-6-8-16(18,9-7-12)11-13-10-14(17)4-5-15(13)19-2/h4-5,10,12,18H,3,6-9,11H2,1-2H3. The van der Waals surface area contributed by atoms with Crippen LogP contribution in [-0.4, -0.2) is 17.8 Å². The lowest BCUT2D eigenvalue weighted by molar-refractivity contribution is -0.00961. The highest BCUT2D eigenvalue weighted by Gasteiger charge is 2.33. The Morgan fingerprint density at radius 1 is 1.37 bits per heavy atom. The molecule has 0 amide bonds. The van der Waals surface area contributed by atoms with Gasteiger partial charge in [0, 0.05) is 10.9 Å². The van der Waals surface area contributed by atoms with Crippen molar-refractivity contribution in [3.63, 3.8) is 0 Å². The zero-order chi connectivity index (χ0) is 13.9. The Bertz CT molecular complexity index is 423. The second kappa shape index (κ2) is 6.27. The molecule has 2 nitrogen and oxygen atoms in total. The predicted molar refractivity (Wildman–Crippen MR) is 81.6 cm³/mol. The number of methoxy groups -OCH3 is 1. The third kappa shape index (κ3) is 3.73. The van der Waals surface area contributed by atoms with Crippen molar-refractivity contribution in [2.45, 2.75) is 51.0 Å². The van der Waals surface area contributed by atoms with E-state index in [1.54, 1.807) is 7.11 Å². The van der Waals surface area contributed by atoms with Crippen molar-refractivity contribution in [2.24, 2.45) is 5.92 Å². The molecule has 106 valence electrons. The van der Waals surface area contributed by atoms with E-state index >= 15 is 0 Å². The molecule has 2 rings (SSSR count). The molecule has 3 heteroatoms. The third-order valence-corrected chi connectivity index (χ3v) is 4.87. The smallest absolute Gasteiger partial charge is 0.122 e. The van der Waals surface area contributed by atoms with Crippen molar-refractivity contribution in [1.29, 1.82) is 0 Å². The first kappa shape index (κ1) is 14.9. The fourth-order valence-corrected chi connectivity index (χ4v) is 3.45. The molecular weight excluding hydrogens is 304 g/mol. The molecule has 1 fully saturated rings. The van der Waals surface area contributed by atoms with Crippen LogP contribution in [0.5, 0.6) is 5.75 Å². The molecule has 19 heavy (non-hydrogen) atoms. The molecule has 1 N–H and O–H groups in total. The highest BCUT2D eigenvalue weighted by atomic mass is 79.9.